The van der Waals surface area contributed by atoms with Crippen molar-refractivity contribution in [3.05, 3.63) is 34.9 Å². The minimum atomic E-state index is -1.14. The number of carbonyl (C=O) groups excluding carboxylic acids is 4. The first-order chi connectivity index (χ1) is 14.1. The number of imide groups is 1. The van der Waals surface area contributed by atoms with Gasteiger partial charge in [0.1, 0.15) is 5.54 Å². The Morgan fingerprint density at radius 2 is 1.83 bits per heavy atom. The molecular weight excluding hydrogens is 386 g/mol. The van der Waals surface area contributed by atoms with Crippen molar-refractivity contribution in [2.45, 2.75) is 59.1 Å². The van der Waals surface area contributed by atoms with Gasteiger partial charge in [-0.3, -0.25) is 19.3 Å². The number of benzene rings is 1. The maximum atomic E-state index is 12.5. The molecule has 2 rings (SSSR count). The van der Waals surface area contributed by atoms with E-state index in [1.165, 1.54) is 30.0 Å². The lowest BCUT2D eigenvalue weighted by atomic mass is 9.90. The van der Waals surface area contributed by atoms with Gasteiger partial charge in [-0.05, 0) is 44.4 Å². The van der Waals surface area contributed by atoms with Crippen LogP contribution in [0.5, 0.6) is 0 Å². The van der Waals surface area contributed by atoms with Gasteiger partial charge in [0.05, 0.1) is 22.8 Å². The predicted molar refractivity (Wildman–Crippen MR) is 109 cm³/mol. The molecule has 2 atom stereocenters. The van der Waals surface area contributed by atoms with Crippen molar-refractivity contribution in [3.63, 3.8) is 0 Å². The van der Waals surface area contributed by atoms with Gasteiger partial charge in [0, 0.05) is 6.54 Å². The van der Waals surface area contributed by atoms with E-state index in [9.17, 15) is 24.4 Å². The van der Waals surface area contributed by atoms with Crippen molar-refractivity contribution in [3.8, 4) is 6.07 Å². The van der Waals surface area contributed by atoms with Gasteiger partial charge in [-0.25, -0.2) is 4.79 Å². The average molecular weight is 413 g/mol. The monoisotopic (exact) mass is 413 g/mol. The van der Waals surface area contributed by atoms with Crippen LogP contribution in [0.15, 0.2) is 18.2 Å². The normalized spacial score (nSPS) is 16.0. The fourth-order valence-electron chi connectivity index (χ4n) is 2.88. The third kappa shape index (κ3) is 4.51. The minimum Gasteiger partial charge on any atom is -0.449 e. The summed E-state index contributed by atoms with van der Waals surface area (Å²) < 4.78 is 5.21. The van der Waals surface area contributed by atoms with Gasteiger partial charge in [0.25, 0.3) is 17.7 Å². The van der Waals surface area contributed by atoms with Crippen LogP contribution in [-0.4, -0.2) is 46.8 Å². The molecular formula is C22H27N3O5. The number of nitriles is 1. The van der Waals surface area contributed by atoms with E-state index in [1.54, 1.807) is 20.8 Å². The Hall–Kier alpha value is -3.21. The lowest BCUT2D eigenvalue weighted by Crippen LogP contribution is -2.52. The molecule has 0 aliphatic carbocycles. The molecule has 0 saturated carbocycles. The SMILES string of the molecule is CCCCN1C(=O)c2ccc(C(=O)O[C@@H](C)C(=O)N[C@@](C)(C#N)C(C)C)cc2C1=O. The smallest absolute Gasteiger partial charge is 0.338 e. The highest BCUT2D eigenvalue weighted by Crippen LogP contribution is 2.25. The van der Waals surface area contributed by atoms with Crippen molar-refractivity contribution in [1.82, 2.24) is 10.2 Å². The van der Waals surface area contributed by atoms with Crippen LogP contribution in [0, 0.1) is 17.2 Å². The molecule has 1 aliphatic rings. The zero-order valence-electron chi connectivity index (χ0n) is 17.9. The van der Waals surface area contributed by atoms with Crippen LogP contribution in [0.1, 0.15) is 78.5 Å². The molecule has 3 amide bonds. The molecule has 160 valence electrons. The number of hydrogen-bond acceptors (Lipinski definition) is 6. The third-order valence-corrected chi connectivity index (χ3v) is 5.36. The van der Waals surface area contributed by atoms with Crippen molar-refractivity contribution in [1.29, 1.82) is 5.26 Å². The van der Waals surface area contributed by atoms with E-state index in [1.807, 2.05) is 6.92 Å². The van der Waals surface area contributed by atoms with E-state index < -0.39 is 29.4 Å². The molecule has 30 heavy (non-hydrogen) atoms. The zero-order chi connectivity index (χ0) is 22.6. The fourth-order valence-corrected chi connectivity index (χ4v) is 2.88. The summed E-state index contributed by atoms with van der Waals surface area (Å²) in [4.78, 5) is 51.0. The van der Waals surface area contributed by atoms with Crippen molar-refractivity contribution in [2.75, 3.05) is 6.54 Å². The summed E-state index contributed by atoms with van der Waals surface area (Å²) in [6.07, 6.45) is 0.396. The highest BCUT2D eigenvalue weighted by atomic mass is 16.5. The molecule has 0 radical (unpaired) electrons. The average Bonchev–Trinajstić information content (AvgIpc) is 2.95. The Bertz CT molecular complexity index is 918. The summed E-state index contributed by atoms with van der Waals surface area (Å²) in [6.45, 7) is 8.88. The summed E-state index contributed by atoms with van der Waals surface area (Å²) in [7, 11) is 0. The number of unbranched alkanes of at least 4 members (excludes halogenated alkanes) is 1. The lowest BCUT2D eigenvalue weighted by molar-refractivity contribution is -0.130. The van der Waals surface area contributed by atoms with Gasteiger partial charge in [-0.1, -0.05) is 27.2 Å². The first-order valence-corrected chi connectivity index (χ1v) is 10.00. The summed E-state index contributed by atoms with van der Waals surface area (Å²) >= 11 is 0. The second-order valence-corrected chi connectivity index (χ2v) is 7.88. The van der Waals surface area contributed by atoms with E-state index in [4.69, 9.17) is 4.74 Å². The van der Waals surface area contributed by atoms with Crippen molar-refractivity contribution >= 4 is 23.7 Å². The van der Waals surface area contributed by atoms with Gasteiger partial charge in [-0.2, -0.15) is 5.26 Å². The van der Waals surface area contributed by atoms with Crippen molar-refractivity contribution < 1.29 is 23.9 Å². The first-order valence-electron chi connectivity index (χ1n) is 10.00. The van der Waals surface area contributed by atoms with E-state index in [0.29, 0.717) is 13.0 Å². The van der Waals surface area contributed by atoms with Crippen LogP contribution < -0.4 is 5.32 Å². The van der Waals surface area contributed by atoms with Gasteiger partial charge in [0.2, 0.25) is 0 Å². The third-order valence-electron chi connectivity index (χ3n) is 5.36. The van der Waals surface area contributed by atoms with E-state index >= 15 is 0 Å². The molecule has 0 aromatic heterocycles. The maximum Gasteiger partial charge on any atom is 0.338 e. The summed E-state index contributed by atoms with van der Waals surface area (Å²) in [6, 6.07) is 6.20. The molecule has 8 heteroatoms. The summed E-state index contributed by atoms with van der Waals surface area (Å²) in [5.41, 5.74) is -0.626. The number of amides is 3. The maximum absolute atomic E-state index is 12.5. The summed E-state index contributed by atoms with van der Waals surface area (Å²) in [5, 5.41) is 11.9. The molecule has 0 fully saturated rings. The number of rotatable bonds is 8. The standard InChI is InChI=1S/C22H27N3O5/c1-6-7-10-25-19(27)16-9-8-15(11-17(16)20(25)28)21(29)30-14(4)18(26)24-22(5,12-23)13(2)3/h8-9,11,13-14H,6-7,10H2,1-5H3,(H,24,26)/t14-,22-/m0/s1. The van der Waals surface area contributed by atoms with Gasteiger partial charge in [-0.15, -0.1) is 0 Å². The molecule has 1 aromatic carbocycles. The number of nitrogens with one attached hydrogen (secondary N) is 1. The van der Waals surface area contributed by atoms with Crippen LogP contribution in [0.2, 0.25) is 0 Å². The topological polar surface area (TPSA) is 117 Å². The number of hydrogen-bond donors (Lipinski definition) is 1. The number of esters is 1. The molecule has 0 saturated heterocycles. The molecule has 0 spiro atoms. The van der Waals surface area contributed by atoms with E-state index in [2.05, 4.69) is 11.4 Å². The summed E-state index contributed by atoms with van der Waals surface area (Å²) in [5.74, 6) is -2.35. The number of nitrogens with zero attached hydrogens (tertiary/aromatic N) is 2. The van der Waals surface area contributed by atoms with Gasteiger partial charge >= 0.3 is 5.97 Å². The van der Waals surface area contributed by atoms with Crippen LogP contribution in [0.3, 0.4) is 0 Å². The van der Waals surface area contributed by atoms with Crippen LogP contribution in [0.25, 0.3) is 0 Å². The Morgan fingerprint density at radius 3 is 2.40 bits per heavy atom. The largest absolute Gasteiger partial charge is 0.449 e. The fraction of sp³-hybridized carbons (Fsp3) is 0.500. The number of fused-ring (bicyclic) bond motifs is 1. The second kappa shape index (κ2) is 9.08. The Kier molecular flexibility index (Phi) is 6.98. The van der Waals surface area contributed by atoms with Gasteiger partial charge < -0.3 is 10.1 Å². The quantitative estimate of drug-likeness (QED) is 0.517. The van der Waals surface area contributed by atoms with E-state index in [-0.39, 0.29) is 28.5 Å². The molecule has 0 bridgehead atoms. The number of ether oxygens (including phenoxy) is 1. The molecule has 1 N–H and O–H groups in total. The molecule has 1 aromatic rings. The van der Waals surface area contributed by atoms with Crippen molar-refractivity contribution in [2.24, 2.45) is 5.92 Å². The second-order valence-electron chi connectivity index (χ2n) is 7.88. The first kappa shape index (κ1) is 23.1. The number of carbonyl (C=O) groups is 4. The lowest BCUT2D eigenvalue weighted by Gasteiger charge is -2.28. The van der Waals surface area contributed by atoms with Crippen LogP contribution in [0.4, 0.5) is 0 Å². The molecule has 0 unspecified atom stereocenters. The zero-order valence-corrected chi connectivity index (χ0v) is 17.9. The predicted octanol–water partition coefficient (Wildman–Crippen LogP) is 2.68. The highest BCUT2D eigenvalue weighted by Gasteiger charge is 2.36. The van der Waals surface area contributed by atoms with E-state index in [0.717, 1.165) is 6.42 Å². The van der Waals surface area contributed by atoms with Gasteiger partial charge in [0.15, 0.2) is 6.10 Å². The molecule has 8 nitrogen and oxygen atoms in total. The Morgan fingerprint density at radius 1 is 1.20 bits per heavy atom. The van der Waals surface area contributed by atoms with Crippen LogP contribution in [-0.2, 0) is 9.53 Å². The highest BCUT2D eigenvalue weighted by molar-refractivity contribution is 6.22. The van der Waals surface area contributed by atoms with Crippen LogP contribution >= 0.6 is 0 Å². The Labute approximate surface area is 176 Å². The Balaban J connectivity index is 2.12. The molecule has 1 aliphatic heterocycles. The molecule has 1 heterocycles. The minimum absolute atomic E-state index is 0.0683.